The molecule has 112 valence electrons. The van der Waals surface area contributed by atoms with E-state index >= 15 is 0 Å². The van der Waals surface area contributed by atoms with Crippen molar-refractivity contribution in [3.05, 3.63) is 30.2 Å². The van der Waals surface area contributed by atoms with Gasteiger partial charge in [0.25, 0.3) is 0 Å². The standard InChI is InChI=1S/C15H19N3O3/c1-11-16-9-14(18(11)6-7-20-2)12-4-5-13(17-10-19)15(8-12)21-3/h4-5,8-10H,6-7H2,1-3H3,(H,17,19). The minimum atomic E-state index is 0.608. The topological polar surface area (TPSA) is 65.4 Å². The molecule has 1 heterocycles. The van der Waals surface area contributed by atoms with Crippen molar-refractivity contribution in [2.75, 3.05) is 26.1 Å². The van der Waals surface area contributed by atoms with Crippen LogP contribution in [0.2, 0.25) is 0 Å². The zero-order chi connectivity index (χ0) is 15.2. The zero-order valence-corrected chi connectivity index (χ0v) is 12.4. The molecular weight excluding hydrogens is 270 g/mol. The number of carbonyl (C=O) groups is 1. The highest BCUT2D eigenvalue weighted by Crippen LogP contribution is 2.30. The molecule has 2 rings (SSSR count). The number of aromatic nitrogens is 2. The summed E-state index contributed by atoms with van der Waals surface area (Å²) in [5, 5.41) is 2.61. The van der Waals surface area contributed by atoms with Crippen LogP contribution in [-0.2, 0) is 16.1 Å². The summed E-state index contributed by atoms with van der Waals surface area (Å²) in [7, 11) is 3.25. The van der Waals surface area contributed by atoms with Crippen LogP contribution in [0.3, 0.4) is 0 Å². The van der Waals surface area contributed by atoms with Crippen LogP contribution in [0, 0.1) is 6.92 Å². The summed E-state index contributed by atoms with van der Waals surface area (Å²) in [5.74, 6) is 1.54. The minimum absolute atomic E-state index is 0.608. The van der Waals surface area contributed by atoms with E-state index in [1.807, 2.05) is 31.3 Å². The van der Waals surface area contributed by atoms with Crippen LogP contribution >= 0.6 is 0 Å². The van der Waals surface area contributed by atoms with E-state index < -0.39 is 0 Å². The molecule has 0 spiro atoms. The highest BCUT2D eigenvalue weighted by Gasteiger charge is 2.11. The van der Waals surface area contributed by atoms with E-state index in [9.17, 15) is 4.79 Å². The highest BCUT2D eigenvalue weighted by molar-refractivity contribution is 5.78. The van der Waals surface area contributed by atoms with Gasteiger partial charge in [-0.05, 0) is 19.1 Å². The van der Waals surface area contributed by atoms with Gasteiger partial charge >= 0.3 is 0 Å². The van der Waals surface area contributed by atoms with Crippen LogP contribution in [0.1, 0.15) is 5.82 Å². The Balaban J connectivity index is 2.40. The molecule has 0 saturated heterocycles. The molecule has 1 aromatic carbocycles. The third-order valence-corrected chi connectivity index (χ3v) is 3.29. The lowest BCUT2D eigenvalue weighted by Crippen LogP contribution is -2.07. The van der Waals surface area contributed by atoms with Crippen molar-refractivity contribution in [1.29, 1.82) is 0 Å². The van der Waals surface area contributed by atoms with Gasteiger partial charge < -0.3 is 19.4 Å². The number of rotatable bonds is 7. The monoisotopic (exact) mass is 289 g/mol. The first kappa shape index (κ1) is 15.1. The van der Waals surface area contributed by atoms with E-state index in [0.717, 1.165) is 23.6 Å². The highest BCUT2D eigenvalue weighted by atomic mass is 16.5. The maximum Gasteiger partial charge on any atom is 0.211 e. The Labute approximate surface area is 123 Å². The molecule has 0 radical (unpaired) electrons. The second-order valence-corrected chi connectivity index (χ2v) is 4.51. The van der Waals surface area contributed by atoms with Crippen molar-refractivity contribution in [2.24, 2.45) is 0 Å². The van der Waals surface area contributed by atoms with Gasteiger partial charge in [-0.2, -0.15) is 0 Å². The number of imidazole rings is 1. The van der Waals surface area contributed by atoms with E-state index in [0.29, 0.717) is 24.5 Å². The molecular formula is C15H19N3O3. The Bertz CT molecular complexity index is 623. The molecule has 0 aliphatic carbocycles. The van der Waals surface area contributed by atoms with Crippen LogP contribution < -0.4 is 10.1 Å². The van der Waals surface area contributed by atoms with E-state index in [1.165, 1.54) is 0 Å². The van der Waals surface area contributed by atoms with Gasteiger partial charge in [0, 0.05) is 19.2 Å². The Morgan fingerprint density at radius 3 is 2.86 bits per heavy atom. The Morgan fingerprint density at radius 2 is 2.19 bits per heavy atom. The smallest absolute Gasteiger partial charge is 0.211 e. The fourth-order valence-corrected chi connectivity index (χ4v) is 2.20. The van der Waals surface area contributed by atoms with Crippen molar-refractivity contribution in [1.82, 2.24) is 9.55 Å². The van der Waals surface area contributed by atoms with E-state index in [2.05, 4.69) is 14.9 Å². The van der Waals surface area contributed by atoms with E-state index in [-0.39, 0.29) is 0 Å². The average Bonchev–Trinajstić information content (AvgIpc) is 2.87. The number of hydrogen-bond acceptors (Lipinski definition) is 4. The SMILES string of the molecule is COCCn1c(-c2ccc(NC=O)c(OC)c2)cnc1C. The van der Waals surface area contributed by atoms with Crippen molar-refractivity contribution < 1.29 is 14.3 Å². The molecule has 0 aliphatic heterocycles. The first-order chi connectivity index (χ1) is 10.2. The number of hydrogen-bond donors (Lipinski definition) is 1. The Kier molecular flexibility index (Phi) is 4.94. The van der Waals surface area contributed by atoms with Gasteiger partial charge in [-0.1, -0.05) is 6.07 Å². The molecule has 1 aromatic heterocycles. The van der Waals surface area contributed by atoms with Gasteiger partial charge in [-0.3, -0.25) is 4.79 Å². The number of aryl methyl sites for hydroxylation is 1. The van der Waals surface area contributed by atoms with Crippen LogP contribution in [0.5, 0.6) is 5.75 Å². The fourth-order valence-electron chi connectivity index (χ4n) is 2.20. The summed E-state index contributed by atoms with van der Waals surface area (Å²) in [6, 6.07) is 5.62. The lowest BCUT2D eigenvalue weighted by Gasteiger charge is -2.12. The number of nitrogens with zero attached hydrogens (tertiary/aromatic N) is 2. The zero-order valence-electron chi connectivity index (χ0n) is 12.4. The maximum atomic E-state index is 10.6. The average molecular weight is 289 g/mol. The van der Waals surface area contributed by atoms with Crippen molar-refractivity contribution in [2.45, 2.75) is 13.5 Å². The molecule has 0 aliphatic rings. The van der Waals surface area contributed by atoms with Crippen LogP contribution in [0.4, 0.5) is 5.69 Å². The van der Waals surface area contributed by atoms with E-state index in [1.54, 1.807) is 14.2 Å². The van der Waals surface area contributed by atoms with Gasteiger partial charge in [-0.25, -0.2) is 4.98 Å². The number of benzene rings is 1. The second kappa shape index (κ2) is 6.90. The van der Waals surface area contributed by atoms with Gasteiger partial charge in [0.05, 0.1) is 31.3 Å². The molecule has 0 bridgehead atoms. The summed E-state index contributed by atoms with van der Waals surface area (Å²) in [5.41, 5.74) is 2.59. The van der Waals surface area contributed by atoms with Crippen molar-refractivity contribution in [3.63, 3.8) is 0 Å². The van der Waals surface area contributed by atoms with E-state index in [4.69, 9.17) is 9.47 Å². The number of methoxy groups -OCH3 is 2. The summed E-state index contributed by atoms with van der Waals surface area (Å²) in [6.07, 6.45) is 2.46. The van der Waals surface area contributed by atoms with Crippen molar-refractivity contribution >= 4 is 12.1 Å². The molecule has 6 heteroatoms. The normalized spacial score (nSPS) is 10.4. The maximum absolute atomic E-state index is 10.6. The predicted molar refractivity (Wildman–Crippen MR) is 80.5 cm³/mol. The number of anilines is 1. The van der Waals surface area contributed by atoms with Crippen molar-refractivity contribution in [3.8, 4) is 17.0 Å². The van der Waals surface area contributed by atoms with Gasteiger partial charge in [0.15, 0.2) is 0 Å². The minimum Gasteiger partial charge on any atom is -0.495 e. The molecule has 0 atom stereocenters. The first-order valence-electron chi connectivity index (χ1n) is 6.61. The molecule has 2 aromatic rings. The molecule has 0 unspecified atom stereocenters. The largest absolute Gasteiger partial charge is 0.495 e. The molecule has 1 N–H and O–H groups in total. The lowest BCUT2D eigenvalue weighted by atomic mass is 10.1. The van der Waals surface area contributed by atoms with Crippen LogP contribution in [-0.4, -0.2) is 36.8 Å². The quantitative estimate of drug-likeness (QED) is 0.793. The first-order valence-corrected chi connectivity index (χ1v) is 6.61. The third-order valence-electron chi connectivity index (χ3n) is 3.29. The Hall–Kier alpha value is -2.34. The molecule has 0 saturated carbocycles. The number of nitrogens with one attached hydrogen (secondary N) is 1. The Morgan fingerprint density at radius 1 is 1.38 bits per heavy atom. The summed E-state index contributed by atoms with van der Waals surface area (Å²) in [6.45, 7) is 3.30. The van der Waals surface area contributed by atoms with Gasteiger partial charge in [0.1, 0.15) is 11.6 Å². The summed E-state index contributed by atoms with van der Waals surface area (Å²) >= 11 is 0. The number of ether oxygens (including phenoxy) is 2. The predicted octanol–water partition coefficient (Wildman–Crippen LogP) is 2.08. The lowest BCUT2D eigenvalue weighted by molar-refractivity contribution is -0.105. The van der Waals surface area contributed by atoms with Gasteiger partial charge in [-0.15, -0.1) is 0 Å². The number of carbonyl (C=O) groups excluding carboxylic acids is 1. The second-order valence-electron chi connectivity index (χ2n) is 4.51. The molecule has 1 amide bonds. The van der Waals surface area contributed by atoms with Gasteiger partial charge in [0.2, 0.25) is 6.41 Å². The molecule has 6 nitrogen and oxygen atoms in total. The third kappa shape index (κ3) is 3.22. The summed E-state index contributed by atoms with van der Waals surface area (Å²) in [4.78, 5) is 14.9. The van der Waals surface area contributed by atoms with Crippen LogP contribution in [0.25, 0.3) is 11.3 Å². The molecule has 21 heavy (non-hydrogen) atoms. The number of amides is 1. The molecule has 0 fully saturated rings. The van der Waals surface area contributed by atoms with Crippen LogP contribution in [0.15, 0.2) is 24.4 Å². The summed E-state index contributed by atoms with van der Waals surface area (Å²) < 4.78 is 12.5. The fraction of sp³-hybridized carbons (Fsp3) is 0.333.